The Bertz CT molecular complexity index is 2100. The van der Waals surface area contributed by atoms with Gasteiger partial charge in [-0.05, 0) is 0 Å². The summed E-state index contributed by atoms with van der Waals surface area (Å²) >= 11 is -2.52. The van der Waals surface area contributed by atoms with Crippen LogP contribution in [0.15, 0.2) is 93.9 Å². The maximum absolute atomic E-state index is 16.3. The summed E-state index contributed by atoms with van der Waals surface area (Å²) in [6.07, 6.45) is 2.04. The molecule has 0 amide bonds. The number of aromatic nitrogens is 1. The number of nitrogens with zero attached hydrogens (tertiary/aromatic N) is 1. The number of hydrogen-bond acceptors (Lipinski definition) is 2. The first kappa shape index (κ1) is 24.2. The van der Waals surface area contributed by atoms with Crippen molar-refractivity contribution in [3.8, 4) is 22.4 Å². The number of hydrogen-bond donors (Lipinski definition) is 0. The molecule has 3 aromatic heterocycles. The van der Waals surface area contributed by atoms with Gasteiger partial charge in [0.05, 0.1) is 0 Å². The summed E-state index contributed by atoms with van der Waals surface area (Å²) in [5, 5.41) is 4.08. The van der Waals surface area contributed by atoms with Crippen molar-refractivity contribution in [3.63, 3.8) is 0 Å². The van der Waals surface area contributed by atoms with E-state index in [0.717, 1.165) is 65.1 Å². The average molecular weight is 575 g/mol. The molecule has 7 rings (SSSR count). The van der Waals surface area contributed by atoms with Crippen LogP contribution in [0.5, 0.6) is 0 Å². The number of fused-ring (bicyclic) bond motifs is 6. The molecule has 0 aliphatic heterocycles. The molecule has 0 unspecified atom stereocenters. The van der Waals surface area contributed by atoms with Crippen molar-refractivity contribution in [2.45, 2.75) is 24.2 Å². The van der Waals surface area contributed by atoms with Crippen LogP contribution in [0.25, 0.3) is 66.3 Å². The van der Waals surface area contributed by atoms with E-state index >= 15 is 4.39 Å². The second-order valence-corrected chi connectivity index (χ2v) is 22.0. The molecule has 5 heteroatoms. The molecule has 0 bridgehead atoms. The van der Waals surface area contributed by atoms with E-state index in [1.165, 1.54) is 0 Å². The number of aryl methyl sites for hydroxylation is 2. The summed E-state index contributed by atoms with van der Waals surface area (Å²) in [5.74, 6) is 6.68. The Morgan fingerprint density at radius 1 is 0.718 bits per heavy atom. The Kier molecular flexibility index (Phi) is 5.30. The second kappa shape index (κ2) is 8.55. The van der Waals surface area contributed by atoms with Gasteiger partial charge < -0.3 is 0 Å². The molecule has 39 heavy (non-hydrogen) atoms. The zero-order valence-corrected chi connectivity index (χ0v) is 24.8. The van der Waals surface area contributed by atoms with Crippen LogP contribution < -0.4 is 8.96 Å². The molecule has 0 radical (unpaired) electrons. The second-order valence-electron chi connectivity index (χ2n) is 11.5. The zero-order valence-electron chi connectivity index (χ0n) is 22.7. The first-order chi connectivity index (χ1) is 18.7. The van der Waals surface area contributed by atoms with Crippen molar-refractivity contribution in [2.75, 3.05) is 0 Å². The molecule has 3 nitrogen and oxygen atoms in total. The number of furan rings is 2. The predicted octanol–water partition coefficient (Wildman–Crippen LogP) is 8.64. The van der Waals surface area contributed by atoms with Gasteiger partial charge in [-0.15, -0.1) is 0 Å². The monoisotopic (exact) mass is 576 g/mol. The van der Waals surface area contributed by atoms with Crippen molar-refractivity contribution < 1.29 is 17.8 Å². The fraction of sp³-hybridized carbons (Fsp3) is 0.147. The SMILES string of the molecule is Cc1ccc2c(oc3c(-c4ccc5oc6ccccc6c5c4)c(F)c[c]([Ge]([CH3])([CH3])[CH3])c32)c1-c1cccc[n+]1C. The van der Waals surface area contributed by atoms with E-state index < -0.39 is 13.3 Å². The summed E-state index contributed by atoms with van der Waals surface area (Å²) in [4.78, 5) is 0. The van der Waals surface area contributed by atoms with E-state index in [1.807, 2.05) is 67.8 Å². The van der Waals surface area contributed by atoms with E-state index in [1.54, 1.807) is 6.07 Å². The number of pyridine rings is 1. The maximum atomic E-state index is 16.3. The molecule has 0 saturated heterocycles. The number of halogens is 1. The van der Waals surface area contributed by atoms with E-state index in [4.69, 9.17) is 8.83 Å². The van der Waals surface area contributed by atoms with Gasteiger partial charge in [0.15, 0.2) is 0 Å². The van der Waals surface area contributed by atoms with Crippen molar-refractivity contribution in [1.82, 2.24) is 0 Å². The third-order valence-corrected chi connectivity index (χ3v) is 12.1. The quantitative estimate of drug-likeness (QED) is 0.156. The van der Waals surface area contributed by atoms with E-state index in [-0.39, 0.29) is 5.82 Å². The molecule has 192 valence electrons. The van der Waals surface area contributed by atoms with Gasteiger partial charge in [-0.3, -0.25) is 0 Å². The van der Waals surface area contributed by atoms with Gasteiger partial charge in [0.2, 0.25) is 0 Å². The molecule has 0 spiro atoms. The molecule has 0 aliphatic carbocycles. The molecule has 7 aromatic rings. The van der Waals surface area contributed by atoms with Gasteiger partial charge in [0, 0.05) is 0 Å². The minimum atomic E-state index is -2.52. The third-order valence-electron chi connectivity index (χ3n) is 7.86. The van der Waals surface area contributed by atoms with Gasteiger partial charge in [-0.2, -0.15) is 0 Å². The first-order valence-corrected chi connectivity index (χ1v) is 20.6. The van der Waals surface area contributed by atoms with Gasteiger partial charge in [0.1, 0.15) is 0 Å². The summed E-state index contributed by atoms with van der Waals surface area (Å²) in [7, 11) is 2.04. The minimum absolute atomic E-state index is 0.243. The Morgan fingerprint density at radius 2 is 1.49 bits per heavy atom. The van der Waals surface area contributed by atoms with Crippen molar-refractivity contribution >= 4 is 61.5 Å². The Hall–Kier alpha value is -3.90. The topological polar surface area (TPSA) is 30.2 Å². The molecular weight excluding hydrogens is 546 g/mol. The predicted molar refractivity (Wildman–Crippen MR) is 161 cm³/mol. The van der Waals surface area contributed by atoms with Crippen LogP contribution in [-0.2, 0) is 7.05 Å². The Balaban J connectivity index is 1.62. The standard InChI is InChI=1S/C34H29FGeNO2/c1-20-13-15-23-32-26(36(2,3)4)19-25(35)31(34(32)39-33(23)30(20)27-11-8-9-17-37(27)5)21-14-16-29-24(18-21)22-10-6-7-12-28(22)38-29/h6-19H,1-5H3/q+1. The number of rotatable bonds is 3. The molecular formula is C34H29FGeNO2+. The normalized spacial score (nSPS) is 12.4. The van der Waals surface area contributed by atoms with Gasteiger partial charge in [-0.1, -0.05) is 0 Å². The number of para-hydroxylation sites is 1. The zero-order chi connectivity index (χ0) is 27.1. The van der Waals surface area contributed by atoms with E-state index in [0.29, 0.717) is 11.1 Å². The third kappa shape index (κ3) is 3.65. The summed E-state index contributed by atoms with van der Waals surface area (Å²) < 4.78 is 32.4. The summed E-state index contributed by atoms with van der Waals surface area (Å²) in [5.41, 5.74) is 7.56. The van der Waals surface area contributed by atoms with Crippen LogP contribution in [0.3, 0.4) is 0 Å². The van der Waals surface area contributed by atoms with E-state index in [9.17, 15) is 0 Å². The first-order valence-electron chi connectivity index (χ1n) is 13.3. The average Bonchev–Trinajstić information content (AvgIpc) is 3.46. The molecule has 0 atom stereocenters. The van der Waals surface area contributed by atoms with Crippen molar-refractivity contribution in [1.29, 1.82) is 0 Å². The van der Waals surface area contributed by atoms with Gasteiger partial charge in [0.25, 0.3) is 0 Å². The van der Waals surface area contributed by atoms with Crippen LogP contribution in [0.4, 0.5) is 4.39 Å². The van der Waals surface area contributed by atoms with Crippen LogP contribution in [0.1, 0.15) is 5.56 Å². The fourth-order valence-corrected chi connectivity index (χ4v) is 9.19. The van der Waals surface area contributed by atoms with Crippen LogP contribution in [0.2, 0.25) is 17.3 Å². The van der Waals surface area contributed by atoms with Gasteiger partial charge >= 0.3 is 229 Å². The Morgan fingerprint density at radius 3 is 2.28 bits per heavy atom. The van der Waals surface area contributed by atoms with E-state index in [2.05, 4.69) is 47.0 Å². The molecule has 0 aliphatic rings. The molecule has 0 fully saturated rings. The van der Waals surface area contributed by atoms with Crippen molar-refractivity contribution in [3.05, 3.63) is 96.4 Å². The van der Waals surface area contributed by atoms with Crippen molar-refractivity contribution in [2.24, 2.45) is 7.05 Å². The van der Waals surface area contributed by atoms with Crippen LogP contribution >= 0.6 is 0 Å². The van der Waals surface area contributed by atoms with Gasteiger partial charge in [-0.25, -0.2) is 0 Å². The molecule has 4 aromatic carbocycles. The Labute approximate surface area is 228 Å². The summed E-state index contributed by atoms with van der Waals surface area (Å²) in [6.45, 7) is 2.11. The fourth-order valence-electron chi connectivity index (χ4n) is 5.93. The number of benzene rings is 4. The molecule has 3 heterocycles. The molecule has 0 saturated carbocycles. The van der Waals surface area contributed by atoms with Crippen LogP contribution in [0, 0.1) is 12.7 Å². The van der Waals surface area contributed by atoms with Crippen LogP contribution in [-0.4, -0.2) is 13.3 Å². The summed E-state index contributed by atoms with van der Waals surface area (Å²) in [6, 6.07) is 26.1. The molecule has 0 N–H and O–H groups in total.